The molecule has 0 amide bonds. The van der Waals surface area contributed by atoms with Crippen molar-refractivity contribution in [3.8, 4) is 87.7 Å². The van der Waals surface area contributed by atoms with Gasteiger partial charge in [0.15, 0.2) is 0 Å². The molecule has 9 rings (SSSR count). The normalized spacial score (nSPS) is 16.2. The lowest BCUT2D eigenvalue weighted by molar-refractivity contribution is 0.0203. The molecule has 2 spiro atoms. The first kappa shape index (κ1) is 40.1. The van der Waals surface area contributed by atoms with Crippen molar-refractivity contribution < 1.29 is 18.9 Å². The molecule has 0 unspecified atom stereocenters. The van der Waals surface area contributed by atoms with Crippen molar-refractivity contribution in [2.75, 3.05) is 13.2 Å². The van der Waals surface area contributed by atoms with Crippen LogP contribution in [0.25, 0.3) is 52.5 Å². The third kappa shape index (κ3) is 7.10. The zero-order valence-electron chi connectivity index (χ0n) is 33.6. The standard InChI is InChI=1S/C48H42N4O4S4/c1-3-15-53-39-19-31(17-29(25-49)26-50)57-45(39)41-23-35-43(59-41)33-21-38-34(22-37(33)55-47(35)11-7-5-8-12-47)44-36(48(56-38)13-9-6-10-14-48)24-42(60-44)46-40(54-16-4-2)20-32(58-46)18-30(27-51)28-52/h17-24H,3-16H2,1-2H3. The van der Waals surface area contributed by atoms with Gasteiger partial charge in [-0.1, -0.05) is 26.7 Å². The van der Waals surface area contributed by atoms with Crippen LogP contribution in [-0.4, -0.2) is 13.2 Å². The van der Waals surface area contributed by atoms with Crippen LogP contribution in [0.3, 0.4) is 0 Å². The minimum Gasteiger partial charge on any atom is -0.492 e. The molecule has 2 aliphatic carbocycles. The zero-order chi connectivity index (χ0) is 41.4. The van der Waals surface area contributed by atoms with E-state index in [1.54, 1.807) is 57.5 Å². The monoisotopic (exact) mass is 866 g/mol. The van der Waals surface area contributed by atoms with Crippen LogP contribution in [0.1, 0.15) is 112 Å². The summed E-state index contributed by atoms with van der Waals surface area (Å²) < 4.78 is 27.3. The van der Waals surface area contributed by atoms with E-state index in [9.17, 15) is 21.0 Å². The number of allylic oxidation sites excluding steroid dienone is 2. The van der Waals surface area contributed by atoms with Gasteiger partial charge in [-0.05, 0) is 113 Å². The third-order valence-corrected chi connectivity index (χ3v) is 16.6. The predicted octanol–water partition coefficient (Wildman–Crippen LogP) is 14.1. The van der Waals surface area contributed by atoms with Crippen LogP contribution < -0.4 is 18.9 Å². The van der Waals surface area contributed by atoms with E-state index in [4.69, 9.17) is 18.9 Å². The van der Waals surface area contributed by atoms with Crippen molar-refractivity contribution in [1.82, 2.24) is 0 Å². The Bertz CT molecular complexity index is 2500. The number of nitriles is 4. The molecule has 2 saturated carbocycles. The highest BCUT2D eigenvalue weighted by atomic mass is 32.1. The molecular weight excluding hydrogens is 825 g/mol. The number of hydrogen-bond acceptors (Lipinski definition) is 12. The molecule has 2 aliphatic heterocycles. The Morgan fingerprint density at radius 3 is 1.33 bits per heavy atom. The van der Waals surface area contributed by atoms with Gasteiger partial charge in [-0.15, -0.1) is 45.3 Å². The molecule has 0 N–H and O–H groups in total. The van der Waals surface area contributed by atoms with Gasteiger partial charge in [-0.25, -0.2) is 0 Å². The van der Waals surface area contributed by atoms with Gasteiger partial charge in [0.1, 0.15) is 69.6 Å². The van der Waals surface area contributed by atoms with Crippen molar-refractivity contribution in [2.24, 2.45) is 0 Å². The summed E-state index contributed by atoms with van der Waals surface area (Å²) in [6, 6.07) is 21.0. The van der Waals surface area contributed by atoms with E-state index in [-0.39, 0.29) is 11.1 Å². The molecule has 1 aromatic carbocycles. The maximum atomic E-state index is 9.51. The lowest BCUT2D eigenvalue weighted by Crippen LogP contribution is -2.38. The highest BCUT2D eigenvalue weighted by Crippen LogP contribution is 2.62. The van der Waals surface area contributed by atoms with Gasteiger partial charge in [0, 0.05) is 51.5 Å². The average molecular weight is 867 g/mol. The first-order valence-corrected chi connectivity index (χ1v) is 24.0. The first-order valence-electron chi connectivity index (χ1n) is 20.8. The Kier molecular flexibility index (Phi) is 11.1. The minimum atomic E-state index is -0.454. The summed E-state index contributed by atoms with van der Waals surface area (Å²) in [5.74, 6) is 3.29. The molecule has 6 heterocycles. The van der Waals surface area contributed by atoms with Gasteiger partial charge in [0.2, 0.25) is 0 Å². The van der Waals surface area contributed by atoms with E-state index in [0.717, 1.165) is 128 Å². The van der Waals surface area contributed by atoms with Crippen LogP contribution in [-0.2, 0) is 11.2 Å². The van der Waals surface area contributed by atoms with Gasteiger partial charge < -0.3 is 18.9 Å². The fourth-order valence-electron chi connectivity index (χ4n) is 9.06. The largest absolute Gasteiger partial charge is 0.492 e. The summed E-state index contributed by atoms with van der Waals surface area (Å²) in [5, 5.41) is 38.0. The second-order valence-electron chi connectivity index (χ2n) is 15.8. The molecule has 60 heavy (non-hydrogen) atoms. The van der Waals surface area contributed by atoms with E-state index in [1.807, 2.05) is 36.4 Å². The van der Waals surface area contributed by atoms with Crippen LogP contribution in [0.15, 0.2) is 47.5 Å². The van der Waals surface area contributed by atoms with Crippen LogP contribution in [0.4, 0.5) is 0 Å². The van der Waals surface area contributed by atoms with Crippen LogP contribution in [0.5, 0.6) is 23.0 Å². The maximum Gasteiger partial charge on any atom is 0.139 e. The molecule has 4 aliphatic rings. The summed E-state index contributed by atoms with van der Waals surface area (Å²) in [6.45, 7) is 5.30. The minimum absolute atomic E-state index is 0.0627. The van der Waals surface area contributed by atoms with E-state index >= 15 is 0 Å². The SMILES string of the molecule is CCCOc1cc(C=C(C#N)C#N)sc1-c1cc2c(s1)-c1cc3c(cc1OC21CCCCC1)-c1sc(-c2sc(C=C(C#N)C#N)cc2OCCC)cc1C1(CCCCC1)O3. The summed E-state index contributed by atoms with van der Waals surface area (Å²) in [7, 11) is 0. The zero-order valence-corrected chi connectivity index (χ0v) is 36.8. The van der Waals surface area contributed by atoms with Crippen LogP contribution in [0.2, 0.25) is 0 Å². The van der Waals surface area contributed by atoms with Crippen LogP contribution >= 0.6 is 45.3 Å². The number of benzene rings is 1. The molecule has 0 saturated heterocycles. The molecule has 2 fully saturated rings. The molecule has 5 aromatic rings. The van der Waals surface area contributed by atoms with Gasteiger partial charge in [-0.3, -0.25) is 0 Å². The Balaban J connectivity index is 1.20. The molecular formula is C48H42N4O4S4. The van der Waals surface area contributed by atoms with Crippen LogP contribution in [0, 0.1) is 45.3 Å². The maximum absolute atomic E-state index is 9.51. The van der Waals surface area contributed by atoms with Gasteiger partial charge in [-0.2, -0.15) is 21.0 Å². The van der Waals surface area contributed by atoms with E-state index < -0.39 is 11.2 Å². The van der Waals surface area contributed by atoms with Crippen molar-refractivity contribution in [3.63, 3.8) is 0 Å². The molecule has 302 valence electrons. The smallest absolute Gasteiger partial charge is 0.139 e. The Morgan fingerprint density at radius 2 is 0.967 bits per heavy atom. The number of ether oxygens (including phenoxy) is 4. The Labute approximate surface area is 366 Å². The third-order valence-electron chi connectivity index (χ3n) is 11.8. The lowest BCUT2D eigenvalue weighted by atomic mass is 9.76. The number of hydrogen-bond donors (Lipinski definition) is 0. The summed E-state index contributed by atoms with van der Waals surface area (Å²) in [4.78, 5) is 8.17. The van der Waals surface area contributed by atoms with E-state index in [0.29, 0.717) is 13.2 Å². The molecule has 0 radical (unpaired) electrons. The summed E-state index contributed by atoms with van der Waals surface area (Å²) >= 11 is 6.62. The number of fused-ring (bicyclic) bond motifs is 8. The topological polar surface area (TPSA) is 132 Å². The fraction of sp³-hybridized carbons (Fsp3) is 0.375. The van der Waals surface area contributed by atoms with Gasteiger partial charge >= 0.3 is 0 Å². The lowest BCUT2D eigenvalue weighted by Gasteiger charge is -2.44. The van der Waals surface area contributed by atoms with Gasteiger partial charge in [0.25, 0.3) is 0 Å². The second-order valence-corrected chi connectivity index (χ2v) is 20.1. The number of thiophene rings is 4. The Hall–Kier alpha value is -5.34. The Morgan fingerprint density at radius 1 is 0.567 bits per heavy atom. The van der Waals surface area contributed by atoms with Crippen molar-refractivity contribution in [3.05, 3.63) is 68.4 Å². The summed E-state index contributed by atoms with van der Waals surface area (Å²) in [6.07, 6.45) is 15.4. The first-order chi connectivity index (χ1) is 29.3. The molecule has 12 heteroatoms. The van der Waals surface area contributed by atoms with Crippen molar-refractivity contribution >= 4 is 57.5 Å². The highest BCUT2D eigenvalue weighted by Gasteiger charge is 2.47. The predicted molar refractivity (Wildman–Crippen MR) is 240 cm³/mol. The quantitative estimate of drug-likeness (QED) is 0.127. The van der Waals surface area contributed by atoms with E-state index in [1.165, 1.54) is 33.7 Å². The van der Waals surface area contributed by atoms with Crippen molar-refractivity contribution in [1.29, 1.82) is 21.0 Å². The molecule has 4 aromatic heterocycles. The van der Waals surface area contributed by atoms with Gasteiger partial charge in [0.05, 0.1) is 23.0 Å². The highest BCUT2D eigenvalue weighted by molar-refractivity contribution is 7.25. The fourth-order valence-corrected chi connectivity index (χ4v) is 13.9. The number of nitrogens with zero attached hydrogens (tertiary/aromatic N) is 4. The average Bonchev–Trinajstić information content (AvgIpc) is 4.09. The van der Waals surface area contributed by atoms with E-state index in [2.05, 4.69) is 38.1 Å². The summed E-state index contributed by atoms with van der Waals surface area (Å²) in [5.41, 5.74) is 3.74. The number of rotatable bonds is 10. The molecule has 0 bridgehead atoms. The second kappa shape index (κ2) is 16.6. The molecule has 8 nitrogen and oxygen atoms in total. The van der Waals surface area contributed by atoms with Crippen molar-refractivity contribution in [2.45, 2.75) is 102 Å². The molecule has 0 atom stereocenters.